The fraction of sp³-hybridized carbons (Fsp3) is 0.625. The quantitative estimate of drug-likeness (QED) is 0.856. The van der Waals surface area contributed by atoms with E-state index in [1.54, 1.807) is 6.07 Å². The van der Waals surface area contributed by atoms with Crippen molar-refractivity contribution in [2.24, 2.45) is 5.41 Å². The zero-order chi connectivity index (χ0) is 12.8. The molecule has 1 aromatic rings. The number of hydrogen-bond donors (Lipinski definition) is 1. The van der Waals surface area contributed by atoms with E-state index >= 15 is 0 Å². The maximum absolute atomic E-state index is 13.4. The van der Waals surface area contributed by atoms with Crippen molar-refractivity contribution in [3.63, 3.8) is 0 Å². The van der Waals surface area contributed by atoms with Gasteiger partial charge in [0.1, 0.15) is 5.82 Å². The molecule has 0 aliphatic heterocycles. The highest BCUT2D eigenvalue weighted by molar-refractivity contribution is 5.31. The lowest BCUT2D eigenvalue weighted by Crippen LogP contribution is -2.52. The predicted octanol–water partition coefficient (Wildman–Crippen LogP) is 3.64. The summed E-state index contributed by atoms with van der Waals surface area (Å²) in [6.07, 6.45) is 4.93. The summed E-state index contributed by atoms with van der Waals surface area (Å²) < 4.78 is 13.4. The molecule has 3 rings (SSSR count). The van der Waals surface area contributed by atoms with E-state index in [-0.39, 0.29) is 11.2 Å². The Morgan fingerprint density at radius 3 is 2.56 bits per heavy atom. The van der Waals surface area contributed by atoms with Gasteiger partial charge in [-0.15, -0.1) is 0 Å². The van der Waals surface area contributed by atoms with Crippen molar-refractivity contribution < 1.29 is 4.39 Å². The van der Waals surface area contributed by atoms with Crippen molar-refractivity contribution in [1.29, 1.82) is 0 Å². The molecule has 2 fully saturated rings. The van der Waals surface area contributed by atoms with E-state index in [2.05, 4.69) is 25.2 Å². The molecule has 0 radical (unpaired) electrons. The third kappa shape index (κ3) is 2.31. The third-order valence-corrected chi connectivity index (χ3v) is 4.38. The van der Waals surface area contributed by atoms with Crippen LogP contribution in [0.3, 0.4) is 0 Å². The normalized spacial score (nSPS) is 24.6. The first kappa shape index (κ1) is 12.2. The summed E-state index contributed by atoms with van der Waals surface area (Å²) in [7, 11) is 0. The number of hydrogen-bond acceptors (Lipinski definition) is 1. The first-order valence-corrected chi connectivity index (χ1v) is 6.99. The molecule has 0 amide bonds. The van der Waals surface area contributed by atoms with Gasteiger partial charge in [0.25, 0.3) is 0 Å². The first-order valence-electron chi connectivity index (χ1n) is 6.99. The molecule has 98 valence electrons. The van der Waals surface area contributed by atoms with Gasteiger partial charge < -0.3 is 5.32 Å². The summed E-state index contributed by atoms with van der Waals surface area (Å²) in [5, 5.41) is 3.63. The Bertz CT molecular complexity index is 440. The minimum atomic E-state index is -0.108. The van der Waals surface area contributed by atoms with Crippen LogP contribution in [0.1, 0.15) is 45.1 Å². The molecule has 0 saturated heterocycles. The molecule has 2 heteroatoms. The van der Waals surface area contributed by atoms with E-state index < -0.39 is 0 Å². The Morgan fingerprint density at radius 2 is 2.00 bits per heavy atom. The van der Waals surface area contributed by atoms with Crippen LogP contribution in [0.25, 0.3) is 0 Å². The number of nitrogens with one attached hydrogen (secondary N) is 1. The molecular weight excluding hydrogens is 225 g/mol. The molecule has 2 aliphatic rings. The maximum Gasteiger partial charge on any atom is 0.123 e. The van der Waals surface area contributed by atoms with Crippen LogP contribution in [0.5, 0.6) is 0 Å². The topological polar surface area (TPSA) is 12.0 Å². The van der Waals surface area contributed by atoms with E-state index in [0.29, 0.717) is 5.41 Å². The fourth-order valence-electron chi connectivity index (χ4n) is 3.66. The van der Waals surface area contributed by atoms with Crippen LogP contribution in [0.2, 0.25) is 0 Å². The Hall–Kier alpha value is -0.890. The fourth-order valence-corrected chi connectivity index (χ4v) is 3.66. The SMILES string of the molecule is CC1(C)CC(CNC2CC2)(c2cccc(F)c2)C1. The van der Waals surface area contributed by atoms with Crippen molar-refractivity contribution in [3.8, 4) is 0 Å². The van der Waals surface area contributed by atoms with E-state index in [1.807, 2.05) is 6.07 Å². The Balaban J connectivity index is 1.80. The van der Waals surface area contributed by atoms with Gasteiger partial charge in [0.05, 0.1) is 0 Å². The lowest BCUT2D eigenvalue weighted by Gasteiger charge is -2.54. The van der Waals surface area contributed by atoms with Crippen molar-refractivity contribution in [3.05, 3.63) is 35.6 Å². The van der Waals surface area contributed by atoms with Crippen molar-refractivity contribution in [2.45, 2.75) is 51.0 Å². The van der Waals surface area contributed by atoms with Crippen LogP contribution in [0.15, 0.2) is 24.3 Å². The summed E-state index contributed by atoms with van der Waals surface area (Å²) in [5.41, 5.74) is 1.74. The first-order chi connectivity index (χ1) is 8.49. The molecule has 18 heavy (non-hydrogen) atoms. The van der Waals surface area contributed by atoms with Crippen LogP contribution in [0.4, 0.5) is 4.39 Å². The highest BCUT2D eigenvalue weighted by Crippen LogP contribution is 2.55. The summed E-state index contributed by atoms with van der Waals surface area (Å²) in [6, 6.07) is 7.92. The number of rotatable bonds is 4. The number of benzene rings is 1. The zero-order valence-electron chi connectivity index (χ0n) is 11.3. The molecule has 0 atom stereocenters. The summed E-state index contributed by atoms with van der Waals surface area (Å²) in [5.74, 6) is -0.108. The average molecular weight is 247 g/mol. The molecular formula is C16H22FN. The Kier molecular flexibility index (Phi) is 2.74. The lowest BCUT2D eigenvalue weighted by molar-refractivity contribution is 0.0557. The second-order valence-electron chi connectivity index (χ2n) is 6.96. The molecule has 0 spiro atoms. The molecule has 0 unspecified atom stereocenters. The highest BCUT2D eigenvalue weighted by atomic mass is 19.1. The van der Waals surface area contributed by atoms with E-state index in [4.69, 9.17) is 0 Å². The van der Waals surface area contributed by atoms with Gasteiger partial charge >= 0.3 is 0 Å². The zero-order valence-corrected chi connectivity index (χ0v) is 11.3. The van der Waals surface area contributed by atoms with Gasteiger partial charge in [-0.05, 0) is 48.8 Å². The van der Waals surface area contributed by atoms with Gasteiger partial charge in [-0.2, -0.15) is 0 Å². The minimum absolute atomic E-state index is 0.108. The second kappa shape index (κ2) is 4.06. The average Bonchev–Trinajstić information content (AvgIpc) is 3.07. The van der Waals surface area contributed by atoms with Crippen LogP contribution in [-0.4, -0.2) is 12.6 Å². The van der Waals surface area contributed by atoms with E-state index in [1.165, 1.54) is 24.5 Å². The molecule has 1 aromatic carbocycles. The van der Waals surface area contributed by atoms with Crippen molar-refractivity contribution >= 4 is 0 Å². The molecule has 0 heterocycles. The van der Waals surface area contributed by atoms with Gasteiger partial charge in [-0.25, -0.2) is 4.39 Å². The van der Waals surface area contributed by atoms with Gasteiger partial charge in [0, 0.05) is 18.0 Å². The second-order valence-corrected chi connectivity index (χ2v) is 6.96. The van der Waals surface area contributed by atoms with Crippen LogP contribution in [-0.2, 0) is 5.41 Å². The van der Waals surface area contributed by atoms with Crippen LogP contribution >= 0.6 is 0 Å². The standard InChI is InChI=1S/C16H22FN/c1-15(2)9-16(10-15,11-18-14-6-7-14)12-4-3-5-13(17)8-12/h3-5,8,14,18H,6-7,9-11H2,1-2H3. The summed E-state index contributed by atoms with van der Waals surface area (Å²) in [6.45, 7) is 5.62. The van der Waals surface area contributed by atoms with E-state index in [9.17, 15) is 4.39 Å². The monoisotopic (exact) mass is 247 g/mol. The van der Waals surface area contributed by atoms with Gasteiger partial charge in [-0.3, -0.25) is 0 Å². The van der Waals surface area contributed by atoms with Crippen LogP contribution < -0.4 is 5.32 Å². The van der Waals surface area contributed by atoms with Gasteiger partial charge in [-0.1, -0.05) is 26.0 Å². The van der Waals surface area contributed by atoms with Gasteiger partial charge in [0.2, 0.25) is 0 Å². The Morgan fingerprint density at radius 1 is 1.28 bits per heavy atom. The van der Waals surface area contributed by atoms with Gasteiger partial charge in [0.15, 0.2) is 0 Å². The predicted molar refractivity (Wildman–Crippen MR) is 72.1 cm³/mol. The largest absolute Gasteiger partial charge is 0.313 e. The maximum atomic E-state index is 13.4. The summed E-state index contributed by atoms with van der Waals surface area (Å²) in [4.78, 5) is 0. The van der Waals surface area contributed by atoms with E-state index in [0.717, 1.165) is 25.4 Å². The van der Waals surface area contributed by atoms with Crippen molar-refractivity contribution in [1.82, 2.24) is 5.32 Å². The van der Waals surface area contributed by atoms with Crippen molar-refractivity contribution in [2.75, 3.05) is 6.54 Å². The molecule has 0 bridgehead atoms. The number of halogens is 1. The van der Waals surface area contributed by atoms with Crippen LogP contribution in [0, 0.1) is 11.2 Å². The minimum Gasteiger partial charge on any atom is -0.313 e. The summed E-state index contributed by atoms with van der Waals surface area (Å²) >= 11 is 0. The molecule has 1 nitrogen and oxygen atoms in total. The smallest absolute Gasteiger partial charge is 0.123 e. The molecule has 2 aliphatic carbocycles. The highest BCUT2D eigenvalue weighted by Gasteiger charge is 2.50. The third-order valence-electron chi connectivity index (χ3n) is 4.38. The lowest BCUT2D eigenvalue weighted by atomic mass is 9.52. The molecule has 2 saturated carbocycles. The molecule has 1 N–H and O–H groups in total. The molecule has 0 aromatic heterocycles. The Labute approximate surface area is 109 Å².